The van der Waals surface area contributed by atoms with Gasteiger partial charge in [-0.2, -0.15) is 0 Å². The molecule has 0 aromatic carbocycles. The molecule has 2 atom stereocenters. The minimum Gasteiger partial charge on any atom is -0.380 e. The summed E-state index contributed by atoms with van der Waals surface area (Å²) in [6, 6.07) is -0.0428. The highest BCUT2D eigenvalue weighted by Gasteiger charge is 2.25. The largest absolute Gasteiger partial charge is 0.380 e. The van der Waals surface area contributed by atoms with Crippen molar-refractivity contribution < 1.29 is 13.2 Å². The van der Waals surface area contributed by atoms with Crippen LogP contribution < -0.4 is 10.0 Å². The summed E-state index contributed by atoms with van der Waals surface area (Å²) in [6.45, 7) is 7.88. The lowest BCUT2D eigenvalue weighted by Gasteiger charge is -2.23. The maximum atomic E-state index is 12.1. The van der Waals surface area contributed by atoms with Crippen molar-refractivity contribution in [1.82, 2.24) is 10.0 Å². The number of hydrogen-bond donors (Lipinski definition) is 2. The second kappa shape index (κ2) is 7.43. The van der Waals surface area contributed by atoms with Crippen LogP contribution in [0.15, 0.2) is 0 Å². The van der Waals surface area contributed by atoms with Gasteiger partial charge >= 0.3 is 0 Å². The van der Waals surface area contributed by atoms with Gasteiger partial charge in [-0.3, -0.25) is 0 Å². The van der Waals surface area contributed by atoms with Crippen LogP contribution in [0.4, 0.5) is 0 Å². The zero-order valence-corrected chi connectivity index (χ0v) is 12.4. The Labute approximate surface area is 111 Å². The zero-order valence-electron chi connectivity index (χ0n) is 11.6. The summed E-state index contributed by atoms with van der Waals surface area (Å²) in [5, 5.41) is 3.21. The van der Waals surface area contributed by atoms with E-state index in [0.29, 0.717) is 13.2 Å². The van der Waals surface area contributed by atoms with E-state index < -0.39 is 10.0 Å². The van der Waals surface area contributed by atoms with E-state index in [1.165, 1.54) is 0 Å². The molecule has 0 amide bonds. The topological polar surface area (TPSA) is 67.4 Å². The molecule has 0 aliphatic carbocycles. The lowest BCUT2D eigenvalue weighted by molar-refractivity contribution is 0.116. The van der Waals surface area contributed by atoms with E-state index in [0.717, 1.165) is 19.4 Å². The highest BCUT2D eigenvalue weighted by molar-refractivity contribution is 7.89. The molecule has 1 heterocycles. The summed E-state index contributed by atoms with van der Waals surface area (Å²) < 4.78 is 32.2. The first-order chi connectivity index (χ1) is 8.44. The fourth-order valence-corrected chi connectivity index (χ4v) is 3.76. The third-order valence-electron chi connectivity index (χ3n) is 3.22. The normalized spacial score (nSPS) is 22.6. The molecule has 0 radical (unpaired) electrons. The number of ether oxygens (including phenoxy) is 1. The summed E-state index contributed by atoms with van der Waals surface area (Å²) in [5.41, 5.74) is 0. The van der Waals surface area contributed by atoms with Crippen molar-refractivity contribution in [2.24, 2.45) is 5.92 Å². The quantitative estimate of drug-likeness (QED) is 0.686. The Hall–Kier alpha value is -0.170. The molecule has 1 fully saturated rings. The van der Waals surface area contributed by atoms with Crippen LogP contribution >= 0.6 is 0 Å². The monoisotopic (exact) mass is 278 g/mol. The molecule has 2 unspecified atom stereocenters. The van der Waals surface area contributed by atoms with Gasteiger partial charge in [0.15, 0.2) is 0 Å². The second-order valence-corrected chi connectivity index (χ2v) is 7.00. The molecular weight excluding hydrogens is 252 g/mol. The fraction of sp³-hybridized carbons (Fsp3) is 1.00. The maximum Gasteiger partial charge on any atom is 0.213 e. The molecule has 2 N–H and O–H groups in total. The summed E-state index contributed by atoms with van der Waals surface area (Å²) >= 11 is 0. The van der Waals surface area contributed by atoms with Crippen molar-refractivity contribution in [1.29, 1.82) is 0 Å². The highest BCUT2D eigenvalue weighted by Crippen LogP contribution is 2.09. The highest BCUT2D eigenvalue weighted by atomic mass is 32.2. The molecule has 1 saturated heterocycles. The lowest BCUT2D eigenvalue weighted by Crippen LogP contribution is -2.45. The number of hydrogen-bond acceptors (Lipinski definition) is 4. The number of rotatable bonds is 8. The molecule has 0 aromatic rings. The molecule has 0 aromatic heterocycles. The summed E-state index contributed by atoms with van der Waals surface area (Å²) in [5.74, 6) is 0.394. The van der Waals surface area contributed by atoms with Crippen LogP contribution in [-0.4, -0.2) is 46.0 Å². The van der Waals surface area contributed by atoms with Crippen LogP contribution in [0.1, 0.15) is 33.6 Å². The Morgan fingerprint density at radius 3 is 2.67 bits per heavy atom. The van der Waals surface area contributed by atoms with E-state index in [-0.39, 0.29) is 23.8 Å². The third-order valence-corrected chi connectivity index (χ3v) is 4.72. The minimum atomic E-state index is -3.23. The molecular formula is C12H26N2O3S. The molecule has 18 heavy (non-hydrogen) atoms. The van der Waals surface area contributed by atoms with E-state index in [1.807, 2.05) is 20.8 Å². The SMILES string of the molecule is CCOCC(NS(=O)(=O)CC1CCCN1)C(C)C. The average Bonchev–Trinajstić information content (AvgIpc) is 2.75. The van der Waals surface area contributed by atoms with Gasteiger partial charge in [-0.15, -0.1) is 0 Å². The Bertz CT molecular complexity index is 324. The van der Waals surface area contributed by atoms with Crippen molar-refractivity contribution in [3.8, 4) is 0 Å². The standard InChI is InChI=1S/C12H26N2O3S/c1-4-17-8-12(10(2)3)14-18(15,16)9-11-6-5-7-13-11/h10-14H,4-9H2,1-3H3. The molecule has 1 aliphatic heterocycles. The minimum absolute atomic E-state index is 0.0994. The molecule has 0 bridgehead atoms. The Balaban J connectivity index is 2.49. The van der Waals surface area contributed by atoms with Crippen molar-refractivity contribution >= 4 is 10.0 Å². The predicted octanol–water partition coefficient (Wildman–Crippen LogP) is 0.719. The Kier molecular flexibility index (Phi) is 6.55. The number of sulfonamides is 1. The smallest absolute Gasteiger partial charge is 0.213 e. The van der Waals surface area contributed by atoms with Gasteiger partial charge in [-0.25, -0.2) is 13.1 Å². The van der Waals surface area contributed by atoms with Crippen LogP contribution in [0, 0.1) is 5.92 Å². The van der Waals surface area contributed by atoms with Gasteiger partial charge in [0.05, 0.1) is 12.4 Å². The summed E-state index contributed by atoms with van der Waals surface area (Å²) in [7, 11) is -3.23. The molecule has 1 aliphatic rings. The molecule has 108 valence electrons. The van der Waals surface area contributed by atoms with Crippen molar-refractivity contribution in [3.63, 3.8) is 0 Å². The van der Waals surface area contributed by atoms with Crippen LogP contribution in [-0.2, 0) is 14.8 Å². The van der Waals surface area contributed by atoms with Gasteiger partial charge < -0.3 is 10.1 Å². The first-order valence-electron chi connectivity index (χ1n) is 6.75. The average molecular weight is 278 g/mol. The van der Waals surface area contributed by atoms with E-state index in [2.05, 4.69) is 10.0 Å². The van der Waals surface area contributed by atoms with Crippen LogP contribution in [0.25, 0.3) is 0 Å². The first kappa shape index (κ1) is 15.9. The van der Waals surface area contributed by atoms with Crippen molar-refractivity contribution in [3.05, 3.63) is 0 Å². The predicted molar refractivity (Wildman–Crippen MR) is 73.1 cm³/mol. The van der Waals surface area contributed by atoms with E-state index in [9.17, 15) is 8.42 Å². The van der Waals surface area contributed by atoms with Crippen LogP contribution in [0.5, 0.6) is 0 Å². The summed E-state index contributed by atoms with van der Waals surface area (Å²) in [6.07, 6.45) is 2.01. The summed E-state index contributed by atoms with van der Waals surface area (Å²) in [4.78, 5) is 0. The Morgan fingerprint density at radius 1 is 1.44 bits per heavy atom. The lowest BCUT2D eigenvalue weighted by atomic mass is 10.1. The van der Waals surface area contributed by atoms with Gasteiger partial charge in [0.25, 0.3) is 0 Å². The second-order valence-electron chi connectivity index (χ2n) is 5.20. The van der Waals surface area contributed by atoms with E-state index in [4.69, 9.17) is 4.74 Å². The van der Waals surface area contributed by atoms with Crippen molar-refractivity contribution in [2.45, 2.75) is 45.7 Å². The van der Waals surface area contributed by atoms with Gasteiger partial charge in [0, 0.05) is 18.7 Å². The van der Waals surface area contributed by atoms with Crippen LogP contribution in [0.3, 0.4) is 0 Å². The van der Waals surface area contributed by atoms with Crippen LogP contribution in [0.2, 0.25) is 0 Å². The molecule has 0 spiro atoms. The van der Waals surface area contributed by atoms with Gasteiger partial charge in [0.2, 0.25) is 10.0 Å². The third kappa shape index (κ3) is 5.65. The first-order valence-corrected chi connectivity index (χ1v) is 8.41. The fourth-order valence-electron chi connectivity index (χ4n) is 2.05. The molecule has 0 saturated carbocycles. The van der Waals surface area contributed by atoms with Gasteiger partial charge in [-0.05, 0) is 32.2 Å². The van der Waals surface area contributed by atoms with Gasteiger partial charge in [0.1, 0.15) is 0 Å². The number of nitrogens with one attached hydrogen (secondary N) is 2. The van der Waals surface area contributed by atoms with E-state index in [1.54, 1.807) is 0 Å². The Morgan fingerprint density at radius 2 is 2.17 bits per heavy atom. The van der Waals surface area contributed by atoms with Crippen molar-refractivity contribution in [2.75, 3.05) is 25.5 Å². The maximum absolute atomic E-state index is 12.1. The van der Waals surface area contributed by atoms with Gasteiger partial charge in [-0.1, -0.05) is 13.8 Å². The van der Waals surface area contributed by atoms with E-state index >= 15 is 0 Å². The molecule has 6 heteroatoms. The zero-order chi connectivity index (χ0) is 13.6. The molecule has 5 nitrogen and oxygen atoms in total. The molecule has 1 rings (SSSR count).